The van der Waals surface area contributed by atoms with Crippen LogP contribution in [0.4, 0.5) is 5.69 Å². The first-order valence-electron chi connectivity index (χ1n) is 5.37. The van der Waals surface area contributed by atoms with Crippen LogP contribution in [0.15, 0.2) is 47.3 Å². The van der Waals surface area contributed by atoms with Gasteiger partial charge < -0.3 is 9.73 Å². The fourth-order valence-electron chi connectivity index (χ4n) is 1.55. The van der Waals surface area contributed by atoms with Gasteiger partial charge in [-0.3, -0.25) is 0 Å². The van der Waals surface area contributed by atoms with E-state index in [1.807, 2.05) is 18.2 Å². The average molecular weight is 266 g/mol. The van der Waals surface area contributed by atoms with Crippen molar-refractivity contribution in [3.63, 3.8) is 0 Å². The summed E-state index contributed by atoms with van der Waals surface area (Å²) in [5.41, 5.74) is 2.63. The molecule has 0 unspecified atom stereocenters. The zero-order valence-electron chi connectivity index (χ0n) is 9.67. The average Bonchev–Trinajstić information content (AvgIpc) is 2.79. The van der Waals surface area contributed by atoms with E-state index in [1.165, 1.54) is 0 Å². The van der Waals surface area contributed by atoms with Gasteiger partial charge in [0.05, 0.1) is 18.3 Å². The van der Waals surface area contributed by atoms with E-state index in [2.05, 4.69) is 5.32 Å². The summed E-state index contributed by atoms with van der Waals surface area (Å²) in [5, 5.41) is 8.17. The van der Waals surface area contributed by atoms with Crippen LogP contribution in [0.3, 0.4) is 0 Å². The minimum atomic E-state index is -3.47. The van der Waals surface area contributed by atoms with Gasteiger partial charge in [0.15, 0.2) is 0 Å². The molecule has 0 spiro atoms. The highest BCUT2D eigenvalue weighted by Gasteiger charge is 2.04. The number of hydrogen-bond acceptors (Lipinski definition) is 4. The smallest absolute Gasteiger partial charge is 0.213 e. The third kappa shape index (κ3) is 3.90. The number of rotatable bonds is 5. The lowest BCUT2D eigenvalue weighted by Gasteiger charge is -2.05. The van der Waals surface area contributed by atoms with Crippen LogP contribution < -0.4 is 10.5 Å². The van der Waals surface area contributed by atoms with E-state index in [0.29, 0.717) is 12.1 Å². The molecule has 0 atom stereocenters. The first-order valence-corrected chi connectivity index (χ1v) is 7.09. The molecular formula is C12H14N2O3S. The van der Waals surface area contributed by atoms with Crippen molar-refractivity contribution in [2.45, 2.75) is 12.3 Å². The lowest BCUT2D eigenvalue weighted by Crippen LogP contribution is -2.14. The molecule has 0 aliphatic heterocycles. The van der Waals surface area contributed by atoms with Crippen molar-refractivity contribution in [1.29, 1.82) is 0 Å². The maximum atomic E-state index is 10.9. The molecule has 0 saturated heterocycles. The van der Waals surface area contributed by atoms with Gasteiger partial charge in [-0.05, 0) is 23.8 Å². The number of nitrogens with one attached hydrogen (secondary N) is 1. The molecule has 96 valence electrons. The first-order chi connectivity index (χ1) is 8.53. The van der Waals surface area contributed by atoms with Gasteiger partial charge in [-0.25, -0.2) is 13.6 Å². The number of furan rings is 1. The van der Waals surface area contributed by atoms with E-state index in [4.69, 9.17) is 9.56 Å². The molecule has 0 saturated carbocycles. The van der Waals surface area contributed by atoms with Crippen LogP contribution in [0.25, 0.3) is 0 Å². The van der Waals surface area contributed by atoms with Crippen molar-refractivity contribution in [3.05, 3.63) is 54.0 Å². The highest BCUT2D eigenvalue weighted by Crippen LogP contribution is 2.12. The Hall–Kier alpha value is -1.79. The molecule has 0 amide bonds. The molecule has 0 aliphatic rings. The summed E-state index contributed by atoms with van der Waals surface area (Å²) < 4.78 is 26.8. The number of primary sulfonamides is 1. The second kappa shape index (κ2) is 5.24. The van der Waals surface area contributed by atoms with Crippen molar-refractivity contribution < 1.29 is 12.8 Å². The van der Waals surface area contributed by atoms with Crippen molar-refractivity contribution >= 4 is 15.7 Å². The van der Waals surface area contributed by atoms with Gasteiger partial charge in [0.1, 0.15) is 0 Å². The van der Waals surface area contributed by atoms with E-state index in [0.717, 1.165) is 11.3 Å². The molecular weight excluding hydrogens is 252 g/mol. The Morgan fingerprint density at radius 3 is 2.39 bits per heavy atom. The molecule has 6 heteroatoms. The number of hydrogen-bond donors (Lipinski definition) is 2. The highest BCUT2D eigenvalue weighted by molar-refractivity contribution is 7.88. The third-order valence-corrected chi connectivity index (χ3v) is 3.13. The SMILES string of the molecule is NS(=O)(=O)Cc1ccc(NCc2ccoc2)cc1. The van der Waals surface area contributed by atoms with E-state index in [9.17, 15) is 8.42 Å². The first kappa shape index (κ1) is 12.7. The fraction of sp³-hybridized carbons (Fsp3) is 0.167. The lowest BCUT2D eigenvalue weighted by molar-refractivity contribution is 0.564. The quantitative estimate of drug-likeness (QED) is 0.862. The summed E-state index contributed by atoms with van der Waals surface area (Å²) in [6.07, 6.45) is 3.29. The summed E-state index contributed by atoms with van der Waals surface area (Å²) in [5.74, 6) is -0.144. The number of nitrogens with two attached hydrogens (primary N) is 1. The summed E-state index contributed by atoms with van der Waals surface area (Å²) in [4.78, 5) is 0. The van der Waals surface area contributed by atoms with Gasteiger partial charge in [-0.15, -0.1) is 0 Å². The van der Waals surface area contributed by atoms with Gasteiger partial charge in [-0.1, -0.05) is 12.1 Å². The molecule has 1 aromatic carbocycles. The van der Waals surface area contributed by atoms with Gasteiger partial charge in [0, 0.05) is 17.8 Å². The topological polar surface area (TPSA) is 85.3 Å². The maximum Gasteiger partial charge on any atom is 0.213 e. The molecule has 0 fully saturated rings. The zero-order valence-corrected chi connectivity index (χ0v) is 10.5. The van der Waals surface area contributed by atoms with Crippen LogP contribution in [0.1, 0.15) is 11.1 Å². The van der Waals surface area contributed by atoms with Crippen LogP contribution in [-0.2, 0) is 22.3 Å². The zero-order chi connectivity index (χ0) is 13.0. The molecule has 2 aromatic rings. The molecule has 5 nitrogen and oxygen atoms in total. The van der Waals surface area contributed by atoms with Crippen LogP contribution in [-0.4, -0.2) is 8.42 Å². The molecule has 1 heterocycles. The van der Waals surface area contributed by atoms with E-state index in [1.54, 1.807) is 24.7 Å². The Morgan fingerprint density at radius 2 is 1.83 bits per heavy atom. The molecule has 0 aliphatic carbocycles. The minimum absolute atomic E-state index is 0.144. The predicted molar refractivity (Wildman–Crippen MR) is 69.3 cm³/mol. The molecule has 18 heavy (non-hydrogen) atoms. The minimum Gasteiger partial charge on any atom is -0.472 e. The second-order valence-electron chi connectivity index (χ2n) is 3.99. The lowest BCUT2D eigenvalue weighted by atomic mass is 10.2. The van der Waals surface area contributed by atoms with Gasteiger partial charge >= 0.3 is 0 Å². The summed E-state index contributed by atoms with van der Waals surface area (Å²) in [7, 11) is -3.47. The van der Waals surface area contributed by atoms with Crippen LogP contribution in [0, 0.1) is 0 Å². The normalized spacial score (nSPS) is 11.4. The molecule has 0 bridgehead atoms. The van der Waals surface area contributed by atoms with Gasteiger partial charge in [0.2, 0.25) is 10.0 Å². The summed E-state index contributed by atoms with van der Waals surface area (Å²) in [6, 6.07) is 8.99. The molecule has 3 N–H and O–H groups in total. The molecule has 0 radical (unpaired) electrons. The Bertz CT molecular complexity index is 589. The Morgan fingerprint density at radius 1 is 1.11 bits per heavy atom. The Labute approximate surface area is 106 Å². The van der Waals surface area contributed by atoms with Gasteiger partial charge in [-0.2, -0.15) is 0 Å². The number of anilines is 1. The summed E-state index contributed by atoms with van der Waals surface area (Å²) in [6.45, 7) is 0.658. The number of benzene rings is 1. The second-order valence-corrected chi connectivity index (χ2v) is 5.60. The largest absolute Gasteiger partial charge is 0.472 e. The van der Waals surface area contributed by atoms with Crippen molar-refractivity contribution in [2.75, 3.05) is 5.32 Å². The predicted octanol–water partition coefficient (Wildman–Crippen LogP) is 1.68. The van der Waals surface area contributed by atoms with Crippen molar-refractivity contribution in [1.82, 2.24) is 0 Å². The third-order valence-electron chi connectivity index (χ3n) is 2.40. The van der Waals surface area contributed by atoms with Gasteiger partial charge in [0.25, 0.3) is 0 Å². The fourth-order valence-corrected chi connectivity index (χ4v) is 2.21. The van der Waals surface area contributed by atoms with E-state index < -0.39 is 10.0 Å². The Kier molecular flexibility index (Phi) is 3.69. The van der Waals surface area contributed by atoms with Crippen LogP contribution in [0.2, 0.25) is 0 Å². The van der Waals surface area contributed by atoms with Crippen molar-refractivity contribution in [2.24, 2.45) is 5.14 Å². The van der Waals surface area contributed by atoms with Crippen LogP contribution >= 0.6 is 0 Å². The highest BCUT2D eigenvalue weighted by atomic mass is 32.2. The van der Waals surface area contributed by atoms with E-state index >= 15 is 0 Å². The maximum absolute atomic E-state index is 10.9. The van der Waals surface area contributed by atoms with Crippen LogP contribution in [0.5, 0.6) is 0 Å². The monoisotopic (exact) mass is 266 g/mol. The number of sulfonamides is 1. The Balaban J connectivity index is 1.95. The standard InChI is InChI=1S/C12H14N2O3S/c13-18(15,16)9-10-1-3-12(4-2-10)14-7-11-5-6-17-8-11/h1-6,8,14H,7,9H2,(H2,13,15,16). The summed E-state index contributed by atoms with van der Waals surface area (Å²) >= 11 is 0. The molecule has 1 aromatic heterocycles. The molecule has 2 rings (SSSR count). The van der Waals surface area contributed by atoms with Crippen molar-refractivity contribution in [3.8, 4) is 0 Å². The van der Waals surface area contributed by atoms with E-state index in [-0.39, 0.29) is 5.75 Å².